The number of rotatable bonds is 5. The minimum Gasteiger partial charge on any atom is -0.352 e. The van der Waals surface area contributed by atoms with Crippen LogP contribution in [0.25, 0.3) is 11.1 Å². The Balaban J connectivity index is 0.000000314. The predicted octanol–water partition coefficient (Wildman–Crippen LogP) is 6.66. The lowest BCUT2D eigenvalue weighted by molar-refractivity contribution is -0.146. The average Bonchev–Trinajstić information content (AvgIpc) is 2.89. The standard InChI is InChI=1S/C19H31N3O3.C16H18/c1-12(18(4,5)6)11-15(13(2)21-14(3)23)16(24)22-10-9-20-17(25)19(22,7)8;1-4-14-7-9-15(10-8-14)16-11-12(2)5-6-13(16)3/h11H,9-10H2,1-8H3,(H,20,25)(H,21,23);5-11H,4H2,1-3H3/b12-11+,15-13-;. The summed E-state index contributed by atoms with van der Waals surface area (Å²) in [4.78, 5) is 38.4. The highest BCUT2D eigenvalue weighted by atomic mass is 16.2. The molecule has 6 nitrogen and oxygen atoms in total. The van der Waals surface area contributed by atoms with Crippen LogP contribution < -0.4 is 10.6 Å². The number of hydrogen-bond donors (Lipinski definition) is 2. The normalized spacial score (nSPS) is 15.7. The van der Waals surface area contributed by atoms with Gasteiger partial charge >= 0.3 is 0 Å². The number of amides is 3. The van der Waals surface area contributed by atoms with E-state index in [1.807, 2.05) is 13.0 Å². The topological polar surface area (TPSA) is 78.5 Å². The summed E-state index contributed by atoms with van der Waals surface area (Å²) in [6.45, 7) is 22.1. The van der Waals surface area contributed by atoms with Crippen LogP contribution in [0, 0.1) is 19.3 Å². The second kappa shape index (κ2) is 13.8. The van der Waals surface area contributed by atoms with E-state index in [4.69, 9.17) is 0 Å². The van der Waals surface area contributed by atoms with Gasteiger partial charge in [-0.25, -0.2) is 0 Å². The van der Waals surface area contributed by atoms with Gasteiger partial charge in [0.2, 0.25) is 11.8 Å². The lowest BCUT2D eigenvalue weighted by Crippen LogP contribution is -2.63. The maximum Gasteiger partial charge on any atom is 0.256 e. The van der Waals surface area contributed by atoms with Crippen molar-refractivity contribution in [1.82, 2.24) is 15.5 Å². The Bertz CT molecular complexity index is 1330. The van der Waals surface area contributed by atoms with Crippen LogP contribution in [0.2, 0.25) is 0 Å². The van der Waals surface area contributed by atoms with E-state index < -0.39 is 5.54 Å². The minimum absolute atomic E-state index is 0.114. The van der Waals surface area contributed by atoms with Crippen molar-refractivity contribution in [2.24, 2.45) is 5.41 Å². The summed E-state index contributed by atoms with van der Waals surface area (Å²) in [5.41, 5.74) is 7.58. The van der Waals surface area contributed by atoms with Crippen molar-refractivity contribution in [3.63, 3.8) is 0 Å². The van der Waals surface area contributed by atoms with Crippen molar-refractivity contribution in [1.29, 1.82) is 0 Å². The SMILES string of the molecule is CC(=O)N/C(C)=C(/C=C(\C)C(C)(C)C)C(=O)N1CCNC(=O)C1(C)C.CCc1ccc(-c2cc(C)ccc2C)cc1. The monoisotopic (exact) mass is 559 g/mol. The molecular weight excluding hydrogens is 510 g/mol. The van der Waals surface area contributed by atoms with E-state index in [2.05, 4.69) is 94.6 Å². The summed E-state index contributed by atoms with van der Waals surface area (Å²) >= 11 is 0. The number of benzene rings is 2. The molecule has 2 aromatic rings. The van der Waals surface area contributed by atoms with Gasteiger partial charge < -0.3 is 15.5 Å². The molecule has 1 aliphatic heterocycles. The summed E-state index contributed by atoms with van der Waals surface area (Å²) in [5.74, 6) is -0.671. The van der Waals surface area contributed by atoms with E-state index >= 15 is 0 Å². The van der Waals surface area contributed by atoms with Crippen LogP contribution >= 0.6 is 0 Å². The van der Waals surface area contributed by atoms with Gasteiger partial charge in [0.25, 0.3) is 5.91 Å². The molecule has 0 aromatic heterocycles. The molecule has 1 aliphatic rings. The Morgan fingerprint density at radius 3 is 2.17 bits per heavy atom. The van der Waals surface area contributed by atoms with Gasteiger partial charge in [0.1, 0.15) is 5.54 Å². The molecule has 1 heterocycles. The van der Waals surface area contributed by atoms with Crippen molar-refractivity contribution in [2.75, 3.05) is 13.1 Å². The second-order valence-corrected chi connectivity index (χ2v) is 12.4. The summed E-state index contributed by atoms with van der Waals surface area (Å²) in [6, 6.07) is 15.5. The van der Waals surface area contributed by atoms with Gasteiger partial charge in [-0.1, -0.05) is 81.3 Å². The highest BCUT2D eigenvalue weighted by Gasteiger charge is 2.41. The molecule has 6 heteroatoms. The van der Waals surface area contributed by atoms with Crippen LogP contribution in [0.4, 0.5) is 0 Å². The quantitative estimate of drug-likeness (QED) is 0.318. The number of allylic oxidation sites excluding steroid dienone is 2. The fourth-order valence-electron chi connectivity index (χ4n) is 4.46. The summed E-state index contributed by atoms with van der Waals surface area (Å²) in [7, 11) is 0. The maximum absolute atomic E-state index is 13.2. The number of carbonyl (C=O) groups is 3. The molecule has 0 saturated carbocycles. The van der Waals surface area contributed by atoms with Crippen LogP contribution in [0.1, 0.15) is 79.0 Å². The van der Waals surface area contributed by atoms with E-state index in [1.54, 1.807) is 25.7 Å². The third-order valence-electron chi connectivity index (χ3n) is 7.70. The lowest BCUT2D eigenvalue weighted by atomic mass is 9.86. The molecule has 0 aliphatic carbocycles. The highest BCUT2D eigenvalue weighted by Crippen LogP contribution is 2.28. The molecule has 0 bridgehead atoms. The van der Waals surface area contributed by atoms with E-state index in [0.29, 0.717) is 24.4 Å². The molecule has 1 fully saturated rings. The number of nitrogens with one attached hydrogen (secondary N) is 2. The first-order chi connectivity index (χ1) is 19.0. The molecule has 0 spiro atoms. The molecule has 2 N–H and O–H groups in total. The zero-order valence-corrected chi connectivity index (χ0v) is 26.9. The summed E-state index contributed by atoms with van der Waals surface area (Å²) in [6.07, 6.45) is 2.92. The molecule has 222 valence electrons. The van der Waals surface area contributed by atoms with Gasteiger partial charge in [-0.05, 0) is 81.7 Å². The molecule has 3 rings (SSSR count). The number of nitrogens with zero attached hydrogens (tertiary/aromatic N) is 1. The second-order valence-electron chi connectivity index (χ2n) is 12.4. The zero-order valence-electron chi connectivity index (χ0n) is 26.9. The molecule has 0 unspecified atom stereocenters. The third kappa shape index (κ3) is 8.91. The first-order valence-electron chi connectivity index (χ1n) is 14.4. The summed E-state index contributed by atoms with van der Waals surface area (Å²) in [5, 5.41) is 5.49. The number of carbonyl (C=O) groups excluding carboxylic acids is 3. The van der Waals surface area contributed by atoms with Crippen molar-refractivity contribution >= 4 is 17.7 Å². The minimum atomic E-state index is -0.944. The first kappa shape index (κ1) is 33.5. The third-order valence-corrected chi connectivity index (χ3v) is 7.70. The van der Waals surface area contributed by atoms with E-state index in [9.17, 15) is 14.4 Å². The Hall–Kier alpha value is -3.67. The Labute approximate surface area is 247 Å². The lowest BCUT2D eigenvalue weighted by Gasteiger charge is -2.41. The van der Waals surface area contributed by atoms with Crippen LogP contribution in [-0.4, -0.2) is 41.2 Å². The molecule has 0 radical (unpaired) electrons. The van der Waals surface area contributed by atoms with Crippen molar-refractivity contribution in [3.05, 3.63) is 82.1 Å². The largest absolute Gasteiger partial charge is 0.352 e. The van der Waals surface area contributed by atoms with Gasteiger partial charge in [0, 0.05) is 25.7 Å². The zero-order chi connectivity index (χ0) is 31.1. The molecule has 41 heavy (non-hydrogen) atoms. The maximum atomic E-state index is 13.2. The van der Waals surface area contributed by atoms with Gasteiger partial charge in [0.15, 0.2) is 0 Å². The predicted molar refractivity (Wildman–Crippen MR) is 169 cm³/mol. The number of aryl methyl sites for hydroxylation is 3. The Morgan fingerprint density at radius 2 is 1.63 bits per heavy atom. The van der Waals surface area contributed by atoms with Gasteiger partial charge in [0.05, 0.1) is 5.57 Å². The average molecular weight is 560 g/mol. The van der Waals surface area contributed by atoms with Crippen molar-refractivity contribution in [3.8, 4) is 11.1 Å². The van der Waals surface area contributed by atoms with E-state index in [-0.39, 0.29) is 23.1 Å². The number of hydrogen-bond acceptors (Lipinski definition) is 3. The number of piperazine rings is 1. The smallest absolute Gasteiger partial charge is 0.256 e. The Morgan fingerprint density at radius 1 is 1.02 bits per heavy atom. The van der Waals surface area contributed by atoms with Gasteiger partial charge in [-0.15, -0.1) is 0 Å². The van der Waals surface area contributed by atoms with Crippen molar-refractivity contribution in [2.45, 2.75) is 88.1 Å². The molecule has 3 amide bonds. The van der Waals surface area contributed by atoms with Crippen LogP contribution in [0.15, 0.2) is 65.4 Å². The van der Waals surface area contributed by atoms with Crippen molar-refractivity contribution < 1.29 is 14.4 Å². The van der Waals surface area contributed by atoms with Gasteiger partial charge in [-0.2, -0.15) is 0 Å². The highest BCUT2D eigenvalue weighted by molar-refractivity contribution is 6.02. The molecule has 1 saturated heterocycles. The van der Waals surface area contributed by atoms with E-state index in [0.717, 1.165) is 12.0 Å². The molecule has 2 aromatic carbocycles. The first-order valence-corrected chi connectivity index (χ1v) is 14.4. The fraction of sp³-hybridized carbons (Fsp3) is 0.457. The summed E-state index contributed by atoms with van der Waals surface area (Å²) < 4.78 is 0. The fourth-order valence-corrected chi connectivity index (χ4v) is 4.46. The molecule has 0 atom stereocenters. The van der Waals surface area contributed by atoms with Gasteiger partial charge in [-0.3, -0.25) is 14.4 Å². The van der Waals surface area contributed by atoms with Crippen LogP contribution in [0.3, 0.4) is 0 Å². The van der Waals surface area contributed by atoms with E-state index in [1.165, 1.54) is 34.7 Å². The Kier molecular flexibility index (Phi) is 11.3. The van der Waals surface area contributed by atoms with Crippen LogP contribution in [-0.2, 0) is 20.8 Å². The van der Waals surface area contributed by atoms with Crippen LogP contribution in [0.5, 0.6) is 0 Å². The molecular formula is C35H49N3O3.